The number of nitrogens with one attached hydrogen (secondary N) is 1. The zero-order valence-electron chi connectivity index (χ0n) is 9.94. The molecule has 0 aliphatic rings. The molecule has 0 amide bonds. The minimum Gasteiger partial charge on any atom is -0.481 e. The smallest absolute Gasteiger partial charge is 0.316 e. The van der Waals surface area contributed by atoms with Crippen LogP contribution in [0, 0.1) is 6.92 Å². The third-order valence-electron chi connectivity index (χ3n) is 2.71. The summed E-state index contributed by atoms with van der Waals surface area (Å²) in [6, 6.07) is 3.67. The molecule has 0 aromatic carbocycles. The summed E-state index contributed by atoms with van der Waals surface area (Å²) in [6.07, 6.45) is 1.58. The van der Waals surface area contributed by atoms with E-state index in [1.54, 1.807) is 20.0 Å². The molecule has 2 aromatic rings. The van der Waals surface area contributed by atoms with Crippen LogP contribution in [-0.4, -0.2) is 21.0 Å². The second-order valence-electron chi connectivity index (χ2n) is 4.49. The average Bonchev–Trinajstić information content (AvgIpc) is 2.85. The van der Waals surface area contributed by atoms with Crippen molar-refractivity contribution in [2.45, 2.75) is 26.2 Å². The molecule has 0 fully saturated rings. The van der Waals surface area contributed by atoms with E-state index in [2.05, 4.69) is 9.97 Å². The van der Waals surface area contributed by atoms with Crippen LogP contribution in [0.2, 0.25) is 0 Å². The van der Waals surface area contributed by atoms with Gasteiger partial charge in [-0.05, 0) is 32.9 Å². The van der Waals surface area contributed by atoms with Gasteiger partial charge in [0.25, 0.3) is 0 Å². The van der Waals surface area contributed by atoms with Crippen molar-refractivity contribution in [3.8, 4) is 11.5 Å². The maximum absolute atomic E-state index is 11.1. The van der Waals surface area contributed by atoms with Gasteiger partial charge < -0.3 is 14.5 Å². The zero-order valence-corrected chi connectivity index (χ0v) is 9.94. The quantitative estimate of drug-likeness (QED) is 0.854. The molecule has 17 heavy (non-hydrogen) atoms. The van der Waals surface area contributed by atoms with Gasteiger partial charge in [-0.25, -0.2) is 4.98 Å². The lowest BCUT2D eigenvalue weighted by Gasteiger charge is -2.15. The molecule has 0 bridgehead atoms. The first kappa shape index (κ1) is 11.4. The normalized spacial score (nSPS) is 11.7. The maximum Gasteiger partial charge on any atom is 0.316 e. The fourth-order valence-corrected chi connectivity index (χ4v) is 1.44. The fraction of sp³-hybridized carbons (Fsp3) is 0.333. The summed E-state index contributed by atoms with van der Waals surface area (Å²) in [7, 11) is 0. The predicted octanol–water partition coefficient (Wildman–Crippen LogP) is 2.34. The van der Waals surface area contributed by atoms with Crippen molar-refractivity contribution >= 4 is 5.97 Å². The van der Waals surface area contributed by atoms with Crippen molar-refractivity contribution in [2.24, 2.45) is 0 Å². The van der Waals surface area contributed by atoms with Crippen LogP contribution in [-0.2, 0) is 10.2 Å². The minimum absolute atomic E-state index is 0.411. The highest BCUT2D eigenvalue weighted by molar-refractivity contribution is 5.79. The van der Waals surface area contributed by atoms with Crippen molar-refractivity contribution < 1.29 is 14.3 Å². The molecule has 0 saturated heterocycles. The van der Waals surface area contributed by atoms with Crippen LogP contribution in [0.4, 0.5) is 0 Å². The summed E-state index contributed by atoms with van der Waals surface area (Å²) >= 11 is 0. The van der Waals surface area contributed by atoms with Crippen LogP contribution in [0.3, 0.4) is 0 Å². The molecule has 0 spiro atoms. The number of aromatic amines is 1. The Kier molecular flexibility index (Phi) is 2.53. The second kappa shape index (κ2) is 3.76. The first-order valence-electron chi connectivity index (χ1n) is 5.27. The summed E-state index contributed by atoms with van der Waals surface area (Å²) in [4.78, 5) is 18.2. The summed E-state index contributed by atoms with van der Waals surface area (Å²) < 4.78 is 5.44. The number of imidazole rings is 1. The van der Waals surface area contributed by atoms with Crippen LogP contribution in [0.5, 0.6) is 0 Å². The molecule has 5 nitrogen and oxygen atoms in total. The number of furan rings is 1. The molecule has 0 unspecified atom stereocenters. The number of carboxylic acid groups (broad SMARTS) is 1. The van der Waals surface area contributed by atoms with Crippen molar-refractivity contribution in [3.63, 3.8) is 0 Å². The Bertz CT molecular complexity index is 552. The van der Waals surface area contributed by atoms with E-state index in [0.717, 1.165) is 5.76 Å². The highest BCUT2D eigenvalue weighted by Gasteiger charge is 2.32. The Morgan fingerprint density at radius 1 is 1.47 bits per heavy atom. The van der Waals surface area contributed by atoms with E-state index in [1.807, 2.05) is 19.1 Å². The summed E-state index contributed by atoms with van der Waals surface area (Å²) in [5.74, 6) is 0.944. The van der Waals surface area contributed by atoms with Crippen molar-refractivity contribution in [1.82, 2.24) is 9.97 Å². The van der Waals surface area contributed by atoms with Gasteiger partial charge in [-0.15, -0.1) is 0 Å². The number of H-pyrrole nitrogens is 1. The number of hydrogen-bond acceptors (Lipinski definition) is 3. The summed E-state index contributed by atoms with van der Waals surface area (Å²) in [6.45, 7) is 5.05. The van der Waals surface area contributed by atoms with Crippen molar-refractivity contribution in [3.05, 3.63) is 29.9 Å². The minimum atomic E-state index is -1.04. The summed E-state index contributed by atoms with van der Waals surface area (Å²) in [5, 5.41) is 9.10. The van der Waals surface area contributed by atoms with Crippen LogP contribution in [0.1, 0.15) is 25.4 Å². The van der Waals surface area contributed by atoms with E-state index in [0.29, 0.717) is 17.3 Å². The molecule has 0 aliphatic carbocycles. The Labute approximate surface area is 98.5 Å². The van der Waals surface area contributed by atoms with E-state index in [-0.39, 0.29) is 0 Å². The van der Waals surface area contributed by atoms with Gasteiger partial charge in [-0.3, -0.25) is 4.79 Å². The number of carboxylic acids is 1. The average molecular weight is 234 g/mol. The highest BCUT2D eigenvalue weighted by atomic mass is 16.4. The second-order valence-corrected chi connectivity index (χ2v) is 4.49. The Balaban J connectivity index is 2.37. The molecule has 0 aliphatic heterocycles. The molecule has 2 aromatic heterocycles. The molecule has 2 rings (SSSR count). The SMILES string of the molecule is Cc1ccc(-c2cnc(C(C)(C)C(=O)O)[nH]2)o1. The lowest BCUT2D eigenvalue weighted by atomic mass is 9.93. The van der Waals surface area contributed by atoms with E-state index < -0.39 is 11.4 Å². The molecular formula is C12H14N2O3. The van der Waals surface area contributed by atoms with Gasteiger partial charge in [-0.1, -0.05) is 0 Å². The van der Waals surface area contributed by atoms with E-state index in [1.165, 1.54) is 0 Å². The topological polar surface area (TPSA) is 79.1 Å². The Morgan fingerprint density at radius 3 is 2.71 bits per heavy atom. The number of aliphatic carboxylic acids is 1. The molecule has 0 atom stereocenters. The number of carbonyl (C=O) groups is 1. The first-order chi connectivity index (χ1) is 7.91. The number of aromatic nitrogens is 2. The standard InChI is InChI=1S/C12H14N2O3/c1-7-4-5-9(17-7)8-6-13-10(14-8)12(2,3)11(15)16/h4-6H,1-3H3,(H,13,14)(H,15,16). The van der Waals surface area contributed by atoms with Gasteiger partial charge in [0.05, 0.1) is 6.20 Å². The molecule has 0 radical (unpaired) electrons. The predicted molar refractivity (Wildman–Crippen MR) is 61.7 cm³/mol. The van der Waals surface area contributed by atoms with Crippen molar-refractivity contribution in [1.29, 1.82) is 0 Å². The van der Waals surface area contributed by atoms with Crippen LogP contribution >= 0.6 is 0 Å². The van der Waals surface area contributed by atoms with E-state index >= 15 is 0 Å². The van der Waals surface area contributed by atoms with E-state index in [9.17, 15) is 4.79 Å². The molecule has 0 saturated carbocycles. The lowest BCUT2D eigenvalue weighted by Crippen LogP contribution is -2.29. The molecular weight excluding hydrogens is 220 g/mol. The molecule has 2 N–H and O–H groups in total. The monoisotopic (exact) mass is 234 g/mol. The Hall–Kier alpha value is -2.04. The lowest BCUT2D eigenvalue weighted by molar-refractivity contribution is -0.142. The largest absolute Gasteiger partial charge is 0.481 e. The summed E-state index contributed by atoms with van der Waals surface area (Å²) in [5.41, 5.74) is -0.359. The van der Waals surface area contributed by atoms with Crippen LogP contribution in [0.15, 0.2) is 22.7 Å². The Morgan fingerprint density at radius 2 is 2.18 bits per heavy atom. The molecule has 5 heteroatoms. The highest BCUT2D eigenvalue weighted by Crippen LogP contribution is 2.25. The zero-order chi connectivity index (χ0) is 12.6. The van der Waals surface area contributed by atoms with Crippen LogP contribution in [0.25, 0.3) is 11.5 Å². The van der Waals surface area contributed by atoms with E-state index in [4.69, 9.17) is 9.52 Å². The first-order valence-corrected chi connectivity index (χ1v) is 5.27. The van der Waals surface area contributed by atoms with Gasteiger partial charge in [-0.2, -0.15) is 0 Å². The van der Waals surface area contributed by atoms with Crippen LogP contribution < -0.4 is 0 Å². The number of aryl methyl sites for hydroxylation is 1. The molecule has 2 heterocycles. The van der Waals surface area contributed by atoms with Gasteiger partial charge >= 0.3 is 5.97 Å². The molecule has 90 valence electrons. The number of nitrogens with zero attached hydrogens (tertiary/aromatic N) is 1. The van der Waals surface area contributed by atoms with Gasteiger partial charge in [0, 0.05) is 0 Å². The number of hydrogen-bond donors (Lipinski definition) is 2. The third kappa shape index (κ3) is 1.95. The maximum atomic E-state index is 11.1. The van der Waals surface area contributed by atoms with Crippen molar-refractivity contribution in [2.75, 3.05) is 0 Å². The fourth-order valence-electron chi connectivity index (χ4n) is 1.44. The van der Waals surface area contributed by atoms with Gasteiger partial charge in [0.15, 0.2) is 5.76 Å². The van der Waals surface area contributed by atoms with Gasteiger partial charge in [0.2, 0.25) is 0 Å². The number of rotatable bonds is 3. The van der Waals surface area contributed by atoms with Gasteiger partial charge in [0.1, 0.15) is 22.7 Å². The third-order valence-corrected chi connectivity index (χ3v) is 2.71.